The van der Waals surface area contributed by atoms with Gasteiger partial charge in [-0.25, -0.2) is 0 Å². The number of fused-ring (bicyclic) bond motifs is 1. The van der Waals surface area contributed by atoms with Crippen molar-refractivity contribution in [3.63, 3.8) is 0 Å². The summed E-state index contributed by atoms with van der Waals surface area (Å²) in [4.78, 5) is 2.10. The maximum absolute atomic E-state index is 6.18. The smallest absolute Gasteiger partial charge is 0.204 e. The van der Waals surface area contributed by atoms with Gasteiger partial charge in [-0.3, -0.25) is 0 Å². The summed E-state index contributed by atoms with van der Waals surface area (Å²) < 4.78 is 11.4. The fourth-order valence-electron chi connectivity index (χ4n) is 2.85. The SMILES string of the molecule is CCc1ccc2oc(N(C)CCOC)c(-c3ccc(Cl)cc3)c2c1. The van der Waals surface area contributed by atoms with Crippen LogP contribution in [0.3, 0.4) is 0 Å². The van der Waals surface area contributed by atoms with Gasteiger partial charge >= 0.3 is 0 Å². The fraction of sp³-hybridized carbons (Fsp3) is 0.300. The molecule has 0 saturated heterocycles. The Labute approximate surface area is 147 Å². The Morgan fingerprint density at radius 3 is 2.54 bits per heavy atom. The third kappa shape index (κ3) is 3.28. The number of hydrogen-bond acceptors (Lipinski definition) is 3. The van der Waals surface area contributed by atoms with Gasteiger partial charge < -0.3 is 14.1 Å². The molecule has 0 N–H and O–H groups in total. The number of rotatable bonds is 6. The number of anilines is 1. The summed E-state index contributed by atoms with van der Waals surface area (Å²) in [6.07, 6.45) is 0.996. The third-order valence-electron chi connectivity index (χ3n) is 4.25. The van der Waals surface area contributed by atoms with Crippen LogP contribution in [0.25, 0.3) is 22.1 Å². The van der Waals surface area contributed by atoms with E-state index in [4.69, 9.17) is 20.8 Å². The average Bonchev–Trinajstić information content (AvgIpc) is 2.99. The molecular formula is C20H22ClNO2. The van der Waals surface area contributed by atoms with Crippen molar-refractivity contribution < 1.29 is 9.15 Å². The maximum atomic E-state index is 6.18. The first kappa shape index (κ1) is 16.9. The monoisotopic (exact) mass is 343 g/mol. The van der Waals surface area contributed by atoms with E-state index in [1.807, 2.05) is 31.3 Å². The molecule has 0 spiro atoms. The van der Waals surface area contributed by atoms with Crippen molar-refractivity contribution in [3.05, 3.63) is 53.1 Å². The Balaban J connectivity index is 2.18. The van der Waals surface area contributed by atoms with Crippen LogP contribution < -0.4 is 4.90 Å². The lowest BCUT2D eigenvalue weighted by molar-refractivity contribution is 0.205. The molecule has 1 heterocycles. The van der Waals surface area contributed by atoms with Gasteiger partial charge in [-0.15, -0.1) is 0 Å². The first-order valence-electron chi connectivity index (χ1n) is 8.15. The number of hydrogen-bond donors (Lipinski definition) is 0. The molecule has 24 heavy (non-hydrogen) atoms. The highest BCUT2D eigenvalue weighted by Gasteiger charge is 2.19. The number of aryl methyl sites for hydroxylation is 1. The first-order chi connectivity index (χ1) is 11.6. The Kier molecular flexibility index (Phi) is 5.12. The molecule has 0 aliphatic carbocycles. The molecule has 0 bridgehead atoms. The predicted molar refractivity (Wildman–Crippen MR) is 101 cm³/mol. The number of likely N-dealkylation sites (N-methyl/N-ethyl adjacent to an activating group) is 1. The van der Waals surface area contributed by atoms with Crippen molar-refractivity contribution in [3.8, 4) is 11.1 Å². The molecule has 0 saturated carbocycles. The molecule has 0 aliphatic rings. The number of nitrogens with zero attached hydrogens (tertiary/aromatic N) is 1. The molecule has 3 nitrogen and oxygen atoms in total. The zero-order valence-electron chi connectivity index (χ0n) is 14.3. The summed E-state index contributed by atoms with van der Waals surface area (Å²) >= 11 is 6.06. The van der Waals surface area contributed by atoms with E-state index >= 15 is 0 Å². The Bertz CT molecular complexity index is 824. The number of methoxy groups -OCH3 is 1. The molecule has 0 aliphatic heterocycles. The molecule has 126 valence electrons. The summed E-state index contributed by atoms with van der Waals surface area (Å²) in [5.41, 5.74) is 4.40. The van der Waals surface area contributed by atoms with Gasteiger partial charge in [0, 0.05) is 31.1 Å². The maximum Gasteiger partial charge on any atom is 0.204 e. The first-order valence-corrected chi connectivity index (χ1v) is 8.53. The Morgan fingerprint density at radius 2 is 1.88 bits per heavy atom. The zero-order valence-corrected chi connectivity index (χ0v) is 15.1. The second kappa shape index (κ2) is 7.29. The second-order valence-electron chi connectivity index (χ2n) is 5.89. The van der Waals surface area contributed by atoms with Crippen LogP contribution >= 0.6 is 11.6 Å². The second-order valence-corrected chi connectivity index (χ2v) is 6.32. The summed E-state index contributed by atoms with van der Waals surface area (Å²) in [7, 11) is 3.73. The molecule has 3 aromatic rings. The molecule has 3 rings (SSSR count). The molecule has 0 unspecified atom stereocenters. The summed E-state index contributed by atoms with van der Waals surface area (Å²) in [5, 5.41) is 1.87. The fourth-order valence-corrected chi connectivity index (χ4v) is 2.97. The van der Waals surface area contributed by atoms with Crippen molar-refractivity contribution in [2.24, 2.45) is 0 Å². The van der Waals surface area contributed by atoms with E-state index in [1.54, 1.807) is 7.11 Å². The molecule has 2 aromatic carbocycles. The number of benzene rings is 2. The van der Waals surface area contributed by atoms with Crippen molar-refractivity contribution in [1.82, 2.24) is 0 Å². The van der Waals surface area contributed by atoms with Crippen LogP contribution in [0.5, 0.6) is 0 Å². The van der Waals surface area contributed by atoms with E-state index in [9.17, 15) is 0 Å². The van der Waals surface area contributed by atoms with E-state index < -0.39 is 0 Å². The van der Waals surface area contributed by atoms with Gasteiger partial charge in [0.1, 0.15) is 5.58 Å². The molecule has 0 atom stereocenters. The van der Waals surface area contributed by atoms with E-state index in [-0.39, 0.29) is 0 Å². The van der Waals surface area contributed by atoms with Crippen LogP contribution in [0.15, 0.2) is 46.9 Å². The van der Waals surface area contributed by atoms with Crippen molar-refractivity contribution >= 4 is 28.5 Å². The Morgan fingerprint density at radius 1 is 1.12 bits per heavy atom. The summed E-state index contributed by atoms with van der Waals surface area (Å²) in [5.74, 6) is 0.859. The summed E-state index contributed by atoms with van der Waals surface area (Å²) in [6, 6.07) is 14.3. The van der Waals surface area contributed by atoms with E-state index in [0.717, 1.165) is 46.0 Å². The molecule has 0 radical (unpaired) electrons. The number of halogens is 1. The van der Waals surface area contributed by atoms with Gasteiger partial charge in [-0.1, -0.05) is 36.7 Å². The van der Waals surface area contributed by atoms with Crippen LogP contribution in [-0.2, 0) is 11.2 Å². The van der Waals surface area contributed by atoms with Gasteiger partial charge in [0.25, 0.3) is 0 Å². The van der Waals surface area contributed by atoms with E-state index in [2.05, 4.69) is 30.0 Å². The topological polar surface area (TPSA) is 25.6 Å². The normalized spacial score (nSPS) is 11.2. The number of ether oxygens (including phenoxy) is 1. The lowest BCUT2D eigenvalue weighted by atomic mass is 10.0. The van der Waals surface area contributed by atoms with Gasteiger partial charge in [0.05, 0.1) is 12.2 Å². The zero-order chi connectivity index (χ0) is 17.1. The lowest BCUT2D eigenvalue weighted by Crippen LogP contribution is -2.22. The highest BCUT2D eigenvalue weighted by Crippen LogP contribution is 2.40. The molecule has 0 amide bonds. The quantitative estimate of drug-likeness (QED) is 0.599. The highest BCUT2D eigenvalue weighted by molar-refractivity contribution is 6.30. The van der Waals surface area contributed by atoms with Gasteiger partial charge in [0.2, 0.25) is 5.88 Å². The van der Waals surface area contributed by atoms with Crippen molar-refractivity contribution in [2.75, 3.05) is 32.2 Å². The predicted octanol–water partition coefficient (Wildman–Crippen LogP) is 5.40. The van der Waals surface area contributed by atoms with E-state index in [1.165, 1.54) is 5.56 Å². The van der Waals surface area contributed by atoms with Crippen LogP contribution in [0.1, 0.15) is 12.5 Å². The summed E-state index contributed by atoms with van der Waals surface area (Å²) in [6.45, 7) is 3.57. The average molecular weight is 344 g/mol. The molecule has 4 heteroatoms. The standard InChI is InChI=1S/C20H22ClNO2/c1-4-14-5-10-18-17(13-14)19(15-6-8-16(21)9-7-15)20(24-18)22(2)11-12-23-3/h5-10,13H,4,11-12H2,1-3H3. The van der Waals surface area contributed by atoms with Gasteiger partial charge in [0.15, 0.2) is 0 Å². The van der Waals surface area contributed by atoms with Crippen molar-refractivity contribution in [1.29, 1.82) is 0 Å². The minimum Gasteiger partial charge on any atom is -0.440 e. The van der Waals surface area contributed by atoms with Crippen LogP contribution in [0.4, 0.5) is 5.88 Å². The minimum absolute atomic E-state index is 0.647. The molecular weight excluding hydrogens is 322 g/mol. The largest absolute Gasteiger partial charge is 0.440 e. The highest BCUT2D eigenvalue weighted by atomic mass is 35.5. The van der Waals surface area contributed by atoms with Crippen LogP contribution in [0, 0.1) is 0 Å². The lowest BCUT2D eigenvalue weighted by Gasteiger charge is -2.17. The molecule has 0 fully saturated rings. The third-order valence-corrected chi connectivity index (χ3v) is 4.50. The van der Waals surface area contributed by atoms with Gasteiger partial charge in [-0.05, 0) is 41.8 Å². The van der Waals surface area contributed by atoms with Crippen LogP contribution in [-0.4, -0.2) is 27.3 Å². The van der Waals surface area contributed by atoms with E-state index in [0.29, 0.717) is 6.61 Å². The van der Waals surface area contributed by atoms with Crippen LogP contribution in [0.2, 0.25) is 5.02 Å². The van der Waals surface area contributed by atoms with Gasteiger partial charge in [-0.2, -0.15) is 0 Å². The minimum atomic E-state index is 0.647. The Hall–Kier alpha value is -1.97. The molecule has 1 aromatic heterocycles. The number of furan rings is 1. The van der Waals surface area contributed by atoms with Crippen molar-refractivity contribution in [2.45, 2.75) is 13.3 Å².